The van der Waals surface area contributed by atoms with Gasteiger partial charge in [0.2, 0.25) is 23.6 Å². The number of ether oxygens (including phenoxy) is 1. The smallest absolute Gasteiger partial charge is 0.241 e. The molecule has 3 aromatic rings. The number of hydrogen-bond donors (Lipinski definition) is 1. The molecule has 1 saturated carbocycles. The van der Waals surface area contributed by atoms with E-state index in [1.165, 1.54) is 29.7 Å². The quantitative estimate of drug-likeness (QED) is 0.244. The number of nitrogens with zero attached hydrogens (tertiary/aromatic N) is 3. The number of likely N-dealkylation sites (tertiary alicyclic amines) is 2. The summed E-state index contributed by atoms with van der Waals surface area (Å²) in [5.41, 5.74) is 1.48. The van der Waals surface area contributed by atoms with Gasteiger partial charge >= 0.3 is 0 Å². The number of phenols is 1. The Morgan fingerprint density at radius 1 is 0.941 bits per heavy atom. The van der Waals surface area contributed by atoms with Crippen molar-refractivity contribution in [1.29, 1.82) is 0 Å². The van der Waals surface area contributed by atoms with Crippen molar-refractivity contribution in [3.63, 3.8) is 0 Å². The van der Waals surface area contributed by atoms with Crippen LogP contribution in [0.3, 0.4) is 0 Å². The second-order valence-corrected chi connectivity index (χ2v) is 15.1. The van der Waals surface area contributed by atoms with Crippen molar-refractivity contribution in [1.82, 2.24) is 9.80 Å². The molecule has 4 amide bonds. The minimum Gasteiger partial charge on any atom is -0.504 e. The van der Waals surface area contributed by atoms with Crippen LogP contribution in [-0.4, -0.2) is 64.8 Å². The van der Waals surface area contributed by atoms with E-state index < -0.39 is 52.6 Å². The number of allylic oxidation sites excluding steroid dienone is 2. The summed E-state index contributed by atoms with van der Waals surface area (Å²) in [5.74, 6) is -5.11. The predicted octanol–water partition coefficient (Wildman–Crippen LogP) is 6.09. The van der Waals surface area contributed by atoms with Gasteiger partial charge in [0.15, 0.2) is 11.5 Å². The molecule has 51 heavy (non-hydrogen) atoms. The summed E-state index contributed by atoms with van der Waals surface area (Å²) in [6.07, 6.45) is 3.89. The number of aromatic hydroxyl groups is 1. The van der Waals surface area contributed by atoms with Crippen molar-refractivity contribution < 1.29 is 33.4 Å². The number of rotatable bonds is 6. The molecule has 3 aromatic carbocycles. The zero-order valence-electron chi connectivity index (χ0n) is 28.4. The number of fused-ring (bicyclic) bond motifs is 4. The van der Waals surface area contributed by atoms with Gasteiger partial charge in [0.25, 0.3) is 0 Å². The summed E-state index contributed by atoms with van der Waals surface area (Å²) in [5, 5.41) is 10.7. The number of benzene rings is 3. The van der Waals surface area contributed by atoms with Crippen LogP contribution < -0.4 is 9.64 Å². The second-order valence-electron chi connectivity index (χ2n) is 14.7. The van der Waals surface area contributed by atoms with E-state index in [1.54, 1.807) is 25.1 Å². The maximum absolute atomic E-state index is 14.6. The number of carbonyl (C=O) groups is 4. The third-order valence-electron chi connectivity index (χ3n) is 12.2. The average Bonchev–Trinajstić information content (AvgIpc) is 3.49. The number of piperidine rings is 1. The fraction of sp³-hybridized carbons (Fsp3) is 0.400. The van der Waals surface area contributed by atoms with E-state index in [1.807, 2.05) is 24.3 Å². The predicted molar refractivity (Wildman–Crippen MR) is 187 cm³/mol. The zero-order chi connectivity index (χ0) is 35.8. The fourth-order valence-corrected chi connectivity index (χ4v) is 9.89. The van der Waals surface area contributed by atoms with Crippen molar-refractivity contribution in [2.24, 2.45) is 29.1 Å². The van der Waals surface area contributed by atoms with E-state index in [-0.39, 0.29) is 46.5 Å². The van der Waals surface area contributed by atoms with Crippen LogP contribution in [0.4, 0.5) is 10.1 Å². The first-order chi connectivity index (χ1) is 24.5. The Hall–Kier alpha value is -4.54. The molecule has 1 N–H and O–H groups in total. The fourth-order valence-electron chi connectivity index (χ4n) is 9.71. The molecule has 0 radical (unpaired) electrons. The van der Waals surface area contributed by atoms with E-state index in [4.69, 9.17) is 16.3 Å². The normalized spacial score (nSPS) is 29.6. The Morgan fingerprint density at radius 3 is 2.37 bits per heavy atom. The van der Waals surface area contributed by atoms with Crippen LogP contribution in [0.2, 0.25) is 5.02 Å². The molecular formula is C40H39ClFN3O6. The van der Waals surface area contributed by atoms with Crippen molar-refractivity contribution in [3.8, 4) is 11.5 Å². The molecule has 0 spiro atoms. The molecule has 4 fully saturated rings. The average molecular weight is 712 g/mol. The van der Waals surface area contributed by atoms with Gasteiger partial charge in [-0.3, -0.25) is 29.0 Å². The van der Waals surface area contributed by atoms with Gasteiger partial charge < -0.3 is 9.84 Å². The SMILES string of the molecule is COc1ccc(C2C3=CCC4C(=O)N(C5CCN(Cc6ccccc6)CC5)C(=O)C4C3CC3C(=O)N(c4ccc(F)c(Cl)c4)C(=O)C32C)cc1O. The largest absolute Gasteiger partial charge is 0.504 e. The van der Waals surface area contributed by atoms with Crippen LogP contribution in [-0.2, 0) is 25.7 Å². The Kier molecular flexibility index (Phi) is 8.30. The van der Waals surface area contributed by atoms with Crippen LogP contribution in [0.25, 0.3) is 0 Å². The molecule has 2 aliphatic carbocycles. The molecule has 264 valence electrons. The van der Waals surface area contributed by atoms with Gasteiger partial charge in [-0.2, -0.15) is 0 Å². The third-order valence-corrected chi connectivity index (χ3v) is 12.5. The Labute approximate surface area is 300 Å². The highest BCUT2D eigenvalue weighted by Gasteiger charge is 2.68. The maximum Gasteiger partial charge on any atom is 0.241 e. The highest BCUT2D eigenvalue weighted by atomic mass is 35.5. The molecule has 5 aliphatic rings. The number of amides is 4. The molecule has 6 unspecified atom stereocenters. The number of anilines is 1. The number of carbonyl (C=O) groups excluding carboxylic acids is 4. The molecule has 0 bridgehead atoms. The number of methoxy groups -OCH3 is 1. The van der Waals surface area contributed by atoms with Gasteiger partial charge in [0.05, 0.1) is 41.0 Å². The maximum atomic E-state index is 14.6. The molecule has 8 rings (SSSR count). The molecule has 3 saturated heterocycles. The molecule has 6 atom stereocenters. The standard InChI is InChI=1S/C40H39ClFN3O6/c1-40-29(37(48)45(39(40)50)25-9-12-31(42)30(41)19-25)20-28-26(35(40)23-8-13-33(51-2)32(46)18-23)10-11-27-34(28)38(49)44(36(27)47)24-14-16-43(17-15-24)21-22-6-4-3-5-7-22/h3-10,12-13,18-19,24,27-29,34-35,46H,11,14-17,20-21H2,1-2H3. The summed E-state index contributed by atoms with van der Waals surface area (Å²) in [7, 11) is 1.44. The molecule has 3 aliphatic heterocycles. The van der Waals surface area contributed by atoms with Gasteiger partial charge in [-0.1, -0.05) is 59.6 Å². The molecular weight excluding hydrogens is 673 g/mol. The van der Waals surface area contributed by atoms with Gasteiger partial charge in [0.1, 0.15) is 5.82 Å². The Balaban J connectivity index is 1.13. The topological polar surface area (TPSA) is 107 Å². The highest BCUT2D eigenvalue weighted by Crippen LogP contribution is 2.64. The third kappa shape index (κ3) is 5.20. The minimum absolute atomic E-state index is 0.123. The van der Waals surface area contributed by atoms with E-state index >= 15 is 0 Å². The lowest BCUT2D eigenvalue weighted by atomic mass is 9.51. The van der Waals surface area contributed by atoms with E-state index in [9.17, 15) is 28.7 Å². The Morgan fingerprint density at radius 2 is 1.69 bits per heavy atom. The summed E-state index contributed by atoms with van der Waals surface area (Å²) in [6.45, 7) is 4.10. The monoisotopic (exact) mass is 711 g/mol. The number of hydrogen-bond acceptors (Lipinski definition) is 7. The van der Waals surface area contributed by atoms with Crippen LogP contribution in [0, 0.1) is 34.9 Å². The van der Waals surface area contributed by atoms with E-state index in [0.717, 1.165) is 36.2 Å². The first-order valence-electron chi connectivity index (χ1n) is 17.6. The Bertz CT molecular complexity index is 1980. The van der Waals surface area contributed by atoms with Gasteiger partial charge in [0, 0.05) is 31.6 Å². The lowest BCUT2D eigenvalue weighted by molar-refractivity contribution is -0.144. The summed E-state index contributed by atoms with van der Waals surface area (Å²) in [4.78, 5) is 62.6. The van der Waals surface area contributed by atoms with Gasteiger partial charge in [-0.25, -0.2) is 9.29 Å². The first-order valence-corrected chi connectivity index (χ1v) is 17.9. The van der Waals surface area contributed by atoms with Crippen molar-refractivity contribution in [2.45, 2.75) is 51.1 Å². The lowest BCUT2D eigenvalue weighted by Crippen LogP contribution is -2.49. The van der Waals surface area contributed by atoms with E-state index in [2.05, 4.69) is 17.0 Å². The second kappa shape index (κ2) is 12.6. The summed E-state index contributed by atoms with van der Waals surface area (Å²) in [6, 6.07) is 18.7. The van der Waals surface area contributed by atoms with Crippen LogP contribution in [0.5, 0.6) is 11.5 Å². The zero-order valence-corrected chi connectivity index (χ0v) is 29.2. The van der Waals surface area contributed by atoms with Crippen molar-refractivity contribution >= 4 is 40.9 Å². The highest BCUT2D eigenvalue weighted by molar-refractivity contribution is 6.31. The number of halogens is 2. The van der Waals surface area contributed by atoms with Crippen molar-refractivity contribution in [2.75, 3.05) is 25.1 Å². The molecule has 3 heterocycles. The molecule has 9 nitrogen and oxygen atoms in total. The number of imide groups is 2. The molecule has 0 aromatic heterocycles. The molecule has 11 heteroatoms. The van der Waals surface area contributed by atoms with Crippen LogP contribution >= 0.6 is 11.6 Å². The van der Waals surface area contributed by atoms with Gasteiger partial charge in [-0.15, -0.1) is 0 Å². The minimum atomic E-state index is -1.31. The first kappa shape index (κ1) is 33.6. The summed E-state index contributed by atoms with van der Waals surface area (Å²) >= 11 is 6.11. The number of phenolic OH excluding ortho intramolecular Hbond substituents is 1. The van der Waals surface area contributed by atoms with Crippen LogP contribution in [0.15, 0.2) is 78.4 Å². The van der Waals surface area contributed by atoms with Crippen molar-refractivity contribution in [3.05, 3.63) is 100 Å². The van der Waals surface area contributed by atoms with Gasteiger partial charge in [-0.05, 0) is 80.0 Å². The van der Waals surface area contributed by atoms with Crippen LogP contribution in [0.1, 0.15) is 49.7 Å². The summed E-state index contributed by atoms with van der Waals surface area (Å²) < 4.78 is 19.5. The lowest BCUT2D eigenvalue weighted by Gasteiger charge is -2.49. The van der Waals surface area contributed by atoms with E-state index in [0.29, 0.717) is 24.8 Å².